The van der Waals surface area contributed by atoms with Gasteiger partial charge in [-0.25, -0.2) is 14.6 Å². The number of halogens is 1. The van der Waals surface area contributed by atoms with Crippen molar-refractivity contribution >= 4 is 18.5 Å². The average molecular weight is 332 g/mol. The minimum Gasteiger partial charge on any atom is -0.296 e. The quantitative estimate of drug-likeness (QED) is 0.808. The zero-order valence-corrected chi connectivity index (χ0v) is 14.3. The molecule has 0 atom stereocenters. The van der Waals surface area contributed by atoms with Crippen molar-refractivity contribution in [2.45, 2.75) is 20.3 Å². The van der Waals surface area contributed by atoms with E-state index in [9.17, 15) is 0 Å². The molecule has 0 aliphatic carbocycles. The van der Waals surface area contributed by atoms with Gasteiger partial charge in [-0.05, 0) is 26.3 Å². The molecule has 5 nitrogen and oxygen atoms in total. The highest BCUT2D eigenvalue weighted by atomic mass is 35.5. The van der Waals surface area contributed by atoms with E-state index in [0.717, 1.165) is 30.9 Å². The Hall–Kier alpha value is -1.98. The van der Waals surface area contributed by atoms with Gasteiger partial charge in [0.2, 0.25) is 0 Å². The van der Waals surface area contributed by atoms with Crippen LogP contribution in [0.15, 0.2) is 42.4 Å². The first-order valence-electron chi connectivity index (χ1n) is 7.60. The lowest BCUT2D eigenvalue weighted by molar-refractivity contribution is 0.326. The highest BCUT2D eigenvalue weighted by Gasteiger charge is 2.09. The zero-order valence-electron chi connectivity index (χ0n) is 13.5. The maximum atomic E-state index is 4.38. The van der Waals surface area contributed by atoms with Crippen LogP contribution in [-0.4, -0.2) is 44.3 Å². The number of hydrogen-bond acceptors (Lipinski definition) is 4. The van der Waals surface area contributed by atoms with Crippen LogP contribution in [0, 0.1) is 6.92 Å². The second-order valence-corrected chi connectivity index (χ2v) is 5.61. The van der Waals surface area contributed by atoms with Crippen molar-refractivity contribution in [2.75, 3.05) is 19.6 Å². The fourth-order valence-corrected chi connectivity index (χ4v) is 2.50. The molecule has 23 heavy (non-hydrogen) atoms. The summed E-state index contributed by atoms with van der Waals surface area (Å²) in [5.74, 6) is 0.608. The monoisotopic (exact) mass is 331 g/mol. The van der Waals surface area contributed by atoms with Gasteiger partial charge < -0.3 is 0 Å². The molecule has 0 radical (unpaired) electrons. The third-order valence-electron chi connectivity index (χ3n) is 3.97. The van der Waals surface area contributed by atoms with Crippen LogP contribution in [0.25, 0.3) is 12.0 Å². The van der Waals surface area contributed by atoms with Gasteiger partial charge in [-0.3, -0.25) is 4.90 Å². The number of hydrogen-bond donors (Lipinski definition) is 0. The first kappa shape index (κ1) is 17.4. The molecule has 3 rings (SSSR count). The highest BCUT2D eigenvalue weighted by Crippen LogP contribution is 2.13. The van der Waals surface area contributed by atoms with Crippen molar-refractivity contribution in [1.29, 1.82) is 0 Å². The smallest absolute Gasteiger partial charge is 0.250 e. The summed E-state index contributed by atoms with van der Waals surface area (Å²) >= 11 is 0. The molecule has 1 aliphatic rings. The van der Waals surface area contributed by atoms with Gasteiger partial charge in [0.25, 0.3) is 5.95 Å². The van der Waals surface area contributed by atoms with E-state index in [1.807, 2.05) is 13.1 Å². The van der Waals surface area contributed by atoms with Gasteiger partial charge in [0.1, 0.15) is 0 Å². The topological polar surface area (TPSA) is 46.8 Å². The minimum atomic E-state index is 0. The van der Waals surface area contributed by atoms with E-state index < -0.39 is 0 Å². The summed E-state index contributed by atoms with van der Waals surface area (Å²) in [7, 11) is 0. The maximum Gasteiger partial charge on any atom is 0.250 e. The molecule has 6 heteroatoms. The van der Waals surface area contributed by atoms with Crippen molar-refractivity contribution in [3.63, 3.8) is 0 Å². The van der Waals surface area contributed by atoms with Crippen molar-refractivity contribution in [1.82, 2.24) is 24.6 Å². The van der Waals surface area contributed by atoms with E-state index in [1.165, 1.54) is 12.0 Å². The summed E-state index contributed by atoms with van der Waals surface area (Å²) in [5.41, 5.74) is 3.66. The molecular formula is C17H22ClN5. The molecule has 0 fully saturated rings. The Bertz CT molecular complexity index is 690. The van der Waals surface area contributed by atoms with Crippen LogP contribution in [0.3, 0.4) is 0 Å². The molecule has 122 valence electrons. The van der Waals surface area contributed by atoms with Gasteiger partial charge in [0, 0.05) is 37.6 Å². The third-order valence-corrected chi connectivity index (χ3v) is 3.97. The van der Waals surface area contributed by atoms with Gasteiger partial charge >= 0.3 is 0 Å². The fraction of sp³-hybridized carbons (Fsp3) is 0.353. The molecule has 2 aromatic rings. The fourth-order valence-electron chi connectivity index (χ4n) is 2.50. The lowest BCUT2D eigenvalue weighted by atomic mass is 10.1. The Labute approximate surface area is 143 Å². The highest BCUT2D eigenvalue weighted by molar-refractivity contribution is 5.85. The van der Waals surface area contributed by atoms with Crippen LogP contribution < -0.4 is 0 Å². The van der Waals surface area contributed by atoms with Gasteiger partial charge in [-0.15, -0.1) is 12.4 Å². The first-order chi connectivity index (χ1) is 10.7. The zero-order chi connectivity index (χ0) is 15.4. The van der Waals surface area contributed by atoms with E-state index in [1.54, 1.807) is 23.1 Å². The summed E-state index contributed by atoms with van der Waals surface area (Å²) in [5, 5.41) is 4.38. The summed E-state index contributed by atoms with van der Waals surface area (Å²) in [4.78, 5) is 10.9. The summed E-state index contributed by atoms with van der Waals surface area (Å²) in [6.45, 7) is 7.40. The lowest BCUT2D eigenvalue weighted by Gasteiger charge is -2.23. The summed E-state index contributed by atoms with van der Waals surface area (Å²) in [6, 6.07) is 1.80. The summed E-state index contributed by atoms with van der Waals surface area (Å²) < 4.78 is 1.77. The molecule has 0 bridgehead atoms. The second kappa shape index (κ2) is 8.04. The molecule has 0 aromatic carbocycles. The third kappa shape index (κ3) is 4.27. The number of aromatic nitrogens is 4. The molecule has 0 N–H and O–H groups in total. The molecule has 3 heterocycles. The van der Waals surface area contributed by atoms with E-state index in [-0.39, 0.29) is 12.4 Å². The normalized spacial score (nSPS) is 15.5. The second-order valence-electron chi connectivity index (χ2n) is 5.61. The standard InChI is InChI=1S/C17H21N5.ClH/c1-14-6-11-21(12-7-14)10-3-5-16-13-20-22(15(16)2)17-18-8-4-9-19-17;/h3-6,8-9,13H,7,10-12H2,1-2H3;1H/b5-3+;. The van der Waals surface area contributed by atoms with Crippen LogP contribution in [-0.2, 0) is 0 Å². The van der Waals surface area contributed by atoms with Gasteiger partial charge in [0.05, 0.1) is 11.9 Å². The predicted octanol–water partition coefficient (Wildman–Crippen LogP) is 3.06. The molecule has 0 spiro atoms. The van der Waals surface area contributed by atoms with Crippen molar-refractivity contribution < 1.29 is 0 Å². The number of nitrogens with zero attached hydrogens (tertiary/aromatic N) is 5. The predicted molar refractivity (Wildman–Crippen MR) is 95.0 cm³/mol. The van der Waals surface area contributed by atoms with Crippen molar-refractivity contribution in [2.24, 2.45) is 0 Å². The minimum absolute atomic E-state index is 0. The Morgan fingerprint density at radius 2 is 2.00 bits per heavy atom. The van der Waals surface area contributed by atoms with Crippen LogP contribution in [0.5, 0.6) is 0 Å². The molecule has 0 saturated heterocycles. The average Bonchev–Trinajstić information content (AvgIpc) is 2.91. The molecule has 0 amide bonds. The van der Waals surface area contributed by atoms with Crippen LogP contribution in [0.2, 0.25) is 0 Å². The van der Waals surface area contributed by atoms with Gasteiger partial charge in [-0.1, -0.05) is 23.8 Å². The Morgan fingerprint density at radius 3 is 2.70 bits per heavy atom. The van der Waals surface area contributed by atoms with Crippen LogP contribution >= 0.6 is 12.4 Å². The Morgan fingerprint density at radius 1 is 1.22 bits per heavy atom. The van der Waals surface area contributed by atoms with Gasteiger partial charge in [-0.2, -0.15) is 5.10 Å². The first-order valence-corrected chi connectivity index (χ1v) is 7.60. The van der Waals surface area contributed by atoms with E-state index in [0.29, 0.717) is 5.95 Å². The van der Waals surface area contributed by atoms with Crippen LogP contribution in [0.4, 0.5) is 0 Å². The Balaban J connectivity index is 0.00000192. The SMILES string of the molecule is CC1=CCN(C/C=C/c2cnn(-c3ncccn3)c2C)CC1.Cl. The molecular weight excluding hydrogens is 310 g/mol. The van der Waals surface area contributed by atoms with Crippen molar-refractivity contribution in [3.8, 4) is 5.95 Å². The molecule has 1 aliphatic heterocycles. The lowest BCUT2D eigenvalue weighted by Crippen LogP contribution is -2.28. The van der Waals surface area contributed by atoms with Gasteiger partial charge in [0.15, 0.2) is 0 Å². The van der Waals surface area contributed by atoms with Crippen molar-refractivity contribution in [3.05, 3.63) is 53.6 Å². The maximum absolute atomic E-state index is 4.38. The largest absolute Gasteiger partial charge is 0.296 e. The van der Waals surface area contributed by atoms with E-state index in [2.05, 4.69) is 45.1 Å². The van der Waals surface area contributed by atoms with Crippen LogP contribution in [0.1, 0.15) is 24.6 Å². The van der Waals surface area contributed by atoms with E-state index >= 15 is 0 Å². The molecule has 0 unspecified atom stereocenters. The summed E-state index contributed by atoms with van der Waals surface area (Å²) in [6.07, 6.45) is 13.1. The molecule has 0 saturated carbocycles. The Kier molecular flexibility index (Phi) is 6.07. The molecule has 2 aromatic heterocycles. The number of rotatable bonds is 4. The van der Waals surface area contributed by atoms with E-state index in [4.69, 9.17) is 0 Å².